The number of nitrogens with zero attached hydrogens (tertiary/aromatic N) is 2. The molecule has 2 aromatic heterocycles. The van der Waals surface area contributed by atoms with Gasteiger partial charge in [-0.05, 0) is 30.7 Å². The van der Waals surface area contributed by atoms with Crippen molar-refractivity contribution in [2.75, 3.05) is 5.32 Å². The summed E-state index contributed by atoms with van der Waals surface area (Å²) >= 11 is 1.62. The van der Waals surface area contributed by atoms with E-state index in [9.17, 15) is 0 Å². The molecule has 0 spiro atoms. The predicted octanol–water partition coefficient (Wildman–Crippen LogP) is 4.41. The maximum Gasteiger partial charge on any atom is 0.134 e. The topological polar surface area (TPSA) is 51.0 Å². The molecule has 0 amide bonds. The van der Waals surface area contributed by atoms with Crippen molar-refractivity contribution in [3.63, 3.8) is 0 Å². The van der Waals surface area contributed by atoms with E-state index in [1.807, 2.05) is 36.4 Å². The molecule has 1 N–H and O–H groups in total. The molecule has 0 aliphatic carbocycles. The molecule has 1 aromatic carbocycles. The Balaban J connectivity index is 1.70. The van der Waals surface area contributed by atoms with Gasteiger partial charge in [0.1, 0.15) is 22.9 Å². The van der Waals surface area contributed by atoms with Gasteiger partial charge < -0.3 is 9.73 Å². The van der Waals surface area contributed by atoms with E-state index in [0.717, 1.165) is 28.0 Å². The summed E-state index contributed by atoms with van der Waals surface area (Å²) in [5.74, 6) is 2.49. The monoisotopic (exact) mass is 297 g/mol. The SMILES string of the molecule is Cc1ccccc1Nc1cc(SCc2ccco2)ncn1. The summed E-state index contributed by atoms with van der Waals surface area (Å²) in [6, 6.07) is 13.9. The molecule has 3 aromatic rings. The van der Waals surface area contributed by atoms with Crippen LogP contribution in [0.3, 0.4) is 0 Å². The van der Waals surface area contributed by atoms with Gasteiger partial charge in [-0.3, -0.25) is 0 Å². The van der Waals surface area contributed by atoms with Crippen molar-refractivity contribution in [2.45, 2.75) is 17.7 Å². The Kier molecular flexibility index (Phi) is 4.21. The molecule has 0 unspecified atom stereocenters. The normalized spacial score (nSPS) is 10.5. The van der Waals surface area contributed by atoms with Crippen molar-refractivity contribution in [3.05, 3.63) is 66.4 Å². The Morgan fingerprint density at radius 2 is 2.05 bits per heavy atom. The molecule has 4 nitrogen and oxygen atoms in total. The summed E-state index contributed by atoms with van der Waals surface area (Å²) in [7, 11) is 0. The molecule has 0 radical (unpaired) electrons. The van der Waals surface area contributed by atoms with E-state index in [4.69, 9.17) is 4.42 Å². The lowest BCUT2D eigenvalue weighted by Crippen LogP contribution is -1.96. The Bertz CT molecular complexity index is 713. The van der Waals surface area contributed by atoms with E-state index >= 15 is 0 Å². The number of aromatic nitrogens is 2. The maximum atomic E-state index is 5.32. The van der Waals surface area contributed by atoms with E-state index in [1.54, 1.807) is 24.4 Å². The number of rotatable bonds is 5. The zero-order valence-corrected chi connectivity index (χ0v) is 12.4. The quantitative estimate of drug-likeness (QED) is 0.558. The fourth-order valence-electron chi connectivity index (χ4n) is 1.88. The van der Waals surface area contributed by atoms with Crippen LogP contribution in [0.5, 0.6) is 0 Å². The maximum absolute atomic E-state index is 5.32. The summed E-state index contributed by atoms with van der Waals surface area (Å²) in [6.07, 6.45) is 3.26. The van der Waals surface area contributed by atoms with Crippen LogP contribution in [0.4, 0.5) is 11.5 Å². The van der Waals surface area contributed by atoms with E-state index in [0.29, 0.717) is 0 Å². The van der Waals surface area contributed by atoms with E-state index in [-0.39, 0.29) is 0 Å². The number of anilines is 2. The van der Waals surface area contributed by atoms with E-state index in [2.05, 4.69) is 28.3 Å². The third-order valence-electron chi connectivity index (χ3n) is 2.99. The minimum absolute atomic E-state index is 0.758. The zero-order chi connectivity index (χ0) is 14.5. The van der Waals surface area contributed by atoms with Gasteiger partial charge in [-0.2, -0.15) is 0 Å². The second-order valence-electron chi connectivity index (χ2n) is 4.55. The van der Waals surface area contributed by atoms with Crippen LogP contribution in [-0.2, 0) is 5.75 Å². The van der Waals surface area contributed by atoms with Crippen LogP contribution in [0.1, 0.15) is 11.3 Å². The van der Waals surface area contributed by atoms with Crippen LogP contribution >= 0.6 is 11.8 Å². The molecule has 0 aliphatic heterocycles. The summed E-state index contributed by atoms with van der Waals surface area (Å²) in [5, 5.41) is 4.23. The number of benzene rings is 1. The van der Waals surface area contributed by atoms with Crippen LogP contribution in [0, 0.1) is 6.92 Å². The lowest BCUT2D eigenvalue weighted by molar-refractivity contribution is 0.530. The molecule has 0 fully saturated rings. The highest BCUT2D eigenvalue weighted by molar-refractivity contribution is 7.98. The molecule has 21 heavy (non-hydrogen) atoms. The van der Waals surface area contributed by atoms with Gasteiger partial charge in [0.25, 0.3) is 0 Å². The first-order valence-corrected chi connectivity index (χ1v) is 7.60. The van der Waals surface area contributed by atoms with Crippen molar-refractivity contribution < 1.29 is 4.42 Å². The van der Waals surface area contributed by atoms with Crippen LogP contribution in [0.2, 0.25) is 0 Å². The Hall–Kier alpha value is -2.27. The van der Waals surface area contributed by atoms with E-state index < -0.39 is 0 Å². The lowest BCUT2D eigenvalue weighted by atomic mass is 10.2. The smallest absolute Gasteiger partial charge is 0.134 e. The first kappa shape index (κ1) is 13.7. The highest BCUT2D eigenvalue weighted by atomic mass is 32.2. The minimum Gasteiger partial charge on any atom is -0.468 e. The fourth-order valence-corrected chi connectivity index (χ4v) is 2.65. The Morgan fingerprint density at radius 1 is 1.14 bits per heavy atom. The Morgan fingerprint density at radius 3 is 2.86 bits per heavy atom. The fraction of sp³-hybridized carbons (Fsp3) is 0.125. The molecule has 5 heteroatoms. The molecule has 106 valence electrons. The van der Waals surface area contributed by atoms with Gasteiger partial charge in [0.2, 0.25) is 0 Å². The first-order valence-electron chi connectivity index (χ1n) is 6.61. The summed E-state index contributed by atoms with van der Waals surface area (Å²) in [5.41, 5.74) is 2.24. The van der Waals surface area contributed by atoms with Crippen LogP contribution < -0.4 is 5.32 Å². The molecule has 0 atom stereocenters. The Labute approximate surface area is 127 Å². The summed E-state index contributed by atoms with van der Waals surface area (Å²) in [6.45, 7) is 2.07. The zero-order valence-electron chi connectivity index (χ0n) is 11.6. The van der Waals surface area contributed by atoms with Crippen molar-refractivity contribution in [3.8, 4) is 0 Å². The van der Waals surface area contributed by atoms with Crippen LogP contribution in [0.25, 0.3) is 0 Å². The van der Waals surface area contributed by atoms with Gasteiger partial charge >= 0.3 is 0 Å². The first-order chi connectivity index (χ1) is 10.3. The second kappa shape index (κ2) is 6.45. The molecular weight excluding hydrogens is 282 g/mol. The third kappa shape index (κ3) is 3.64. The van der Waals surface area contributed by atoms with Gasteiger partial charge in [0.05, 0.1) is 12.0 Å². The highest BCUT2D eigenvalue weighted by Gasteiger charge is 2.03. The molecule has 0 bridgehead atoms. The number of furan rings is 1. The van der Waals surface area contributed by atoms with Crippen molar-refractivity contribution in [1.29, 1.82) is 0 Å². The van der Waals surface area contributed by atoms with Crippen molar-refractivity contribution in [1.82, 2.24) is 9.97 Å². The van der Waals surface area contributed by atoms with Crippen LogP contribution in [0.15, 0.2) is 64.5 Å². The van der Waals surface area contributed by atoms with Crippen molar-refractivity contribution >= 4 is 23.3 Å². The largest absolute Gasteiger partial charge is 0.468 e. The molecule has 0 aliphatic rings. The third-order valence-corrected chi connectivity index (χ3v) is 3.94. The van der Waals surface area contributed by atoms with Gasteiger partial charge in [-0.25, -0.2) is 9.97 Å². The summed E-state index contributed by atoms with van der Waals surface area (Å²) in [4.78, 5) is 8.53. The molecular formula is C16H15N3OS. The second-order valence-corrected chi connectivity index (χ2v) is 5.55. The molecule has 0 saturated heterocycles. The molecule has 3 rings (SSSR count). The number of para-hydroxylation sites is 1. The van der Waals surface area contributed by atoms with Gasteiger partial charge in [-0.1, -0.05) is 30.0 Å². The minimum atomic E-state index is 0.758. The lowest BCUT2D eigenvalue weighted by Gasteiger charge is -2.08. The van der Waals surface area contributed by atoms with Gasteiger partial charge in [0, 0.05) is 11.8 Å². The number of nitrogens with one attached hydrogen (secondary N) is 1. The molecule has 2 heterocycles. The van der Waals surface area contributed by atoms with Crippen molar-refractivity contribution in [2.24, 2.45) is 0 Å². The molecule has 0 saturated carbocycles. The number of aryl methyl sites for hydroxylation is 1. The predicted molar refractivity (Wildman–Crippen MR) is 84.8 cm³/mol. The number of hydrogen-bond acceptors (Lipinski definition) is 5. The average Bonchev–Trinajstić information content (AvgIpc) is 3.01. The summed E-state index contributed by atoms with van der Waals surface area (Å²) < 4.78 is 5.32. The van der Waals surface area contributed by atoms with Gasteiger partial charge in [0.15, 0.2) is 0 Å². The number of thioether (sulfide) groups is 1. The van der Waals surface area contributed by atoms with Crippen LogP contribution in [-0.4, -0.2) is 9.97 Å². The number of hydrogen-bond donors (Lipinski definition) is 1. The van der Waals surface area contributed by atoms with E-state index in [1.165, 1.54) is 5.56 Å². The average molecular weight is 297 g/mol. The highest BCUT2D eigenvalue weighted by Crippen LogP contribution is 2.24. The standard InChI is InChI=1S/C16H15N3OS/c1-12-5-2-3-7-14(12)19-15-9-16(18-11-17-15)21-10-13-6-4-8-20-13/h2-9,11H,10H2,1H3,(H,17,18,19). The van der Waals surface area contributed by atoms with Gasteiger partial charge in [-0.15, -0.1) is 0 Å².